The number of nitrogens with zero attached hydrogens (tertiary/aromatic N) is 3. The van der Waals surface area contributed by atoms with Gasteiger partial charge in [0.05, 0.1) is 30.5 Å². The summed E-state index contributed by atoms with van der Waals surface area (Å²) in [5.74, 6) is 0.831. The van der Waals surface area contributed by atoms with Gasteiger partial charge in [-0.1, -0.05) is 109 Å². The van der Waals surface area contributed by atoms with Crippen LogP contribution in [-0.4, -0.2) is 22.6 Å². The largest absolute Gasteiger partial charge is 0.501 e. The fourth-order valence-corrected chi connectivity index (χ4v) is 8.50. The van der Waals surface area contributed by atoms with E-state index in [0.29, 0.717) is 0 Å². The number of aryl methyl sites for hydroxylation is 1. The van der Waals surface area contributed by atoms with Crippen molar-refractivity contribution in [2.75, 3.05) is 0 Å². The first-order valence-corrected chi connectivity index (χ1v) is 21.2. The summed E-state index contributed by atoms with van der Waals surface area (Å²) in [6.07, 6.45) is 3.07. The van der Waals surface area contributed by atoms with Crippen molar-refractivity contribution in [1.82, 2.24) is 14.5 Å². The van der Waals surface area contributed by atoms with E-state index in [1.54, 1.807) is 0 Å². The van der Waals surface area contributed by atoms with E-state index in [9.17, 15) is 0 Å². The number of aromatic nitrogens is 3. The summed E-state index contributed by atoms with van der Waals surface area (Å²) >= 11 is 0. The number of imidazole rings is 1. The number of fused-ring (bicyclic) bond motifs is 4. The summed E-state index contributed by atoms with van der Waals surface area (Å²) in [7, 11) is -1.45. The molecule has 0 aliphatic rings. The van der Waals surface area contributed by atoms with E-state index in [2.05, 4.69) is 116 Å². The van der Waals surface area contributed by atoms with Crippen molar-refractivity contribution in [2.24, 2.45) is 0 Å². The molecule has 0 atom stereocenters. The molecule has 0 unspecified atom stereocenters. The van der Waals surface area contributed by atoms with Crippen LogP contribution in [0.4, 0.5) is 0 Å². The van der Waals surface area contributed by atoms with Gasteiger partial charge < -0.3 is 14.0 Å². The molecule has 0 saturated carbocycles. The molecule has 3 aromatic heterocycles. The molecule has 6 heteroatoms. The minimum atomic E-state index is -1.45. The summed E-state index contributed by atoms with van der Waals surface area (Å²) < 4.78 is 8.41. The Labute approximate surface area is 325 Å². The maximum Gasteiger partial charge on any atom is 0.120 e. The average Bonchev–Trinajstić information content (AvgIpc) is 3.75. The molecular weight excluding hydrogens is 843 g/mol. The van der Waals surface area contributed by atoms with Crippen LogP contribution in [0.1, 0.15) is 16.7 Å². The van der Waals surface area contributed by atoms with Crippen LogP contribution in [0.3, 0.4) is 0 Å². The first kappa shape index (κ1) is 36.0. The molecule has 0 spiro atoms. The van der Waals surface area contributed by atoms with Gasteiger partial charge in [0, 0.05) is 37.4 Å². The summed E-state index contributed by atoms with van der Waals surface area (Å²) in [4.78, 5) is 9.69. The van der Waals surface area contributed by atoms with Gasteiger partial charge in [0.1, 0.15) is 5.58 Å². The molecule has 0 aliphatic heterocycles. The molecule has 0 saturated heterocycles. The van der Waals surface area contributed by atoms with Crippen LogP contribution in [0, 0.1) is 19.1 Å². The van der Waals surface area contributed by atoms with E-state index in [0.717, 1.165) is 67.7 Å². The molecule has 6 aromatic carbocycles. The van der Waals surface area contributed by atoms with Gasteiger partial charge >= 0.3 is 0 Å². The molecule has 0 aliphatic carbocycles. The smallest absolute Gasteiger partial charge is 0.120 e. The van der Waals surface area contributed by atoms with E-state index in [4.69, 9.17) is 14.4 Å². The summed E-state index contributed by atoms with van der Waals surface area (Å²) in [5.41, 5.74) is 11.9. The zero-order chi connectivity index (χ0) is 35.7. The van der Waals surface area contributed by atoms with Crippen molar-refractivity contribution >= 4 is 46.2 Å². The molecule has 53 heavy (non-hydrogen) atoms. The van der Waals surface area contributed by atoms with Crippen molar-refractivity contribution in [3.05, 3.63) is 181 Å². The number of rotatable bonds is 6. The van der Waals surface area contributed by atoms with Crippen LogP contribution in [0.15, 0.2) is 156 Å². The minimum Gasteiger partial charge on any atom is -0.501 e. The second-order valence-corrected chi connectivity index (χ2v) is 19.2. The number of hydrogen-bond acceptors (Lipinski definition) is 3. The number of pyridine rings is 1. The van der Waals surface area contributed by atoms with Crippen LogP contribution in [0.25, 0.3) is 61.3 Å². The Balaban J connectivity index is 0.000000163. The molecule has 4 nitrogen and oxygen atoms in total. The number of benzene rings is 6. The van der Waals surface area contributed by atoms with Crippen LogP contribution >= 0.6 is 0 Å². The molecule has 0 amide bonds. The molecule has 0 N–H and O–H groups in total. The number of furan rings is 1. The predicted octanol–water partition coefficient (Wildman–Crippen LogP) is 11.4. The Morgan fingerprint density at radius 2 is 1.43 bits per heavy atom. The molecule has 263 valence electrons. The molecule has 1 radical (unpaired) electrons. The van der Waals surface area contributed by atoms with Gasteiger partial charge in [-0.2, -0.15) is 0 Å². The zero-order valence-electron chi connectivity index (χ0n) is 30.2. The van der Waals surface area contributed by atoms with Gasteiger partial charge in [0.15, 0.2) is 0 Å². The second kappa shape index (κ2) is 15.3. The monoisotopic (exact) mass is 882 g/mol. The van der Waals surface area contributed by atoms with Crippen molar-refractivity contribution in [3.8, 4) is 28.3 Å². The van der Waals surface area contributed by atoms with Crippen LogP contribution < -0.4 is 5.19 Å². The molecule has 0 bridgehead atoms. The Hall–Kier alpha value is -5.39. The Morgan fingerprint density at radius 1 is 0.698 bits per heavy atom. The van der Waals surface area contributed by atoms with Crippen molar-refractivity contribution in [1.29, 1.82) is 0 Å². The topological polar surface area (TPSA) is 43.9 Å². The van der Waals surface area contributed by atoms with Gasteiger partial charge in [-0.15, -0.1) is 54.1 Å². The molecule has 0 fully saturated rings. The van der Waals surface area contributed by atoms with Crippen molar-refractivity contribution in [3.63, 3.8) is 0 Å². The van der Waals surface area contributed by atoms with Crippen LogP contribution in [0.5, 0.6) is 0 Å². The Bertz CT molecular complexity index is 2660. The second-order valence-electron chi connectivity index (χ2n) is 14.1. The Morgan fingerprint density at radius 3 is 2.23 bits per heavy atom. The first-order chi connectivity index (χ1) is 25.3. The van der Waals surface area contributed by atoms with Gasteiger partial charge in [-0.25, -0.2) is 0 Å². The van der Waals surface area contributed by atoms with Gasteiger partial charge in [-0.05, 0) is 71.2 Å². The maximum absolute atomic E-state index is 6.24. The number of hydrogen-bond donors (Lipinski definition) is 0. The first-order valence-electron chi connectivity index (χ1n) is 17.7. The van der Waals surface area contributed by atoms with E-state index in [-0.39, 0.29) is 20.1 Å². The normalized spacial score (nSPS) is 11.3. The van der Waals surface area contributed by atoms with E-state index >= 15 is 0 Å². The zero-order valence-corrected chi connectivity index (χ0v) is 33.6. The SMILES string of the molecule is Cc1ccccc1Cc1cc(-c2[c-]cccc2)ncc1[Si](C)(C)C.[Ir].[c-]1ccc2c(oc3ccccc32)c1-c1nc2ccccc2n1-c1ccccc1. The minimum absolute atomic E-state index is 0. The van der Waals surface area contributed by atoms with E-state index in [1.807, 2.05) is 78.9 Å². The third kappa shape index (κ3) is 7.31. The third-order valence-electron chi connectivity index (χ3n) is 9.56. The van der Waals surface area contributed by atoms with Crippen LogP contribution in [-0.2, 0) is 26.5 Å². The number of para-hydroxylation sites is 4. The van der Waals surface area contributed by atoms with Gasteiger partial charge in [-0.3, -0.25) is 4.98 Å². The maximum atomic E-state index is 6.24. The molecule has 9 rings (SSSR count). The average molecular weight is 882 g/mol. The predicted molar refractivity (Wildman–Crippen MR) is 218 cm³/mol. The van der Waals surface area contributed by atoms with E-state index < -0.39 is 8.07 Å². The third-order valence-corrected chi connectivity index (χ3v) is 11.6. The molecule has 9 aromatic rings. The summed E-state index contributed by atoms with van der Waals surface area (Å²) in [6, 6.07) is 56.3. The van der Waals surface area contributed by atoms with E-state index in [1.165, 1.54) is 21.9 Å². The van der Waals surface area contributed by atoms with Crippen molar-refractivity contribution < 1.29 is 24.5 Å². The molecule has 3 heterocycles. The van der Waals surface area contributed by atoms with Gasteiger partial charge in [0.25, 0.3) is 0 Å². The summed E-state index contributed by atoms with van der Waals surface area (Å²) in [6.45, 7) is 9.36. The standard InChI is InChI=1S/C25H15N2O.C22H24NSi.Ir/c1-2-9-17(10-3-1)27-22-15-6-5-14-21(22)26-25(27)20-13-8-12-19-18-11-4-7-16-23(18)28-24(19)20;1-17-10-8-9-13-19(17)14-20-15-21(18-11-6-5-7-12-18)23-16-22(20)24(2,3)4;/h1-12,14-16H;5-11,13,15-16H,14H2,1-4H3;/q2*-1;. The quantitative estimate of drug-likeness (QED) is 0.123. The fourth-order valence-electron chi connectivity index (χ4n) is 6.92. The van der Waals surface area contributed by atoms with Crippen LogP contribution in [0.2, 0.25) is 19.6 Å². The summed E-state index contributed by atoms with van der Waals surface area (Å²) in [5, 5.41) is 3.64. The fraction of sp³-hybridized carbons (Fsp3) is 0.106. The molecular formula is C47H39IrN3OSi-2. The van der Waals surface area contributed by atoms with Gasteiger partial charge in [0.2, 0.25) is 0 Å². The Kier molecular flexibility index (Phi) is 10.4. The van der Waals surface area contributed by atoms with Crippen molar-refractivity contribution in [2.45, 2.75) is 33.0 Å².